The predicted molar refractivity (Wildman–Crippen MR) is 87.4 cm³/mol. The van der Waals surface area contributed by atoms with Crippen molar-refractivity contribution < 1.29 is 9.90 Å². The molecule has 1 amide bonds. The molecule has 110 valence electrons. The molecule has 0 saturated carbocycles. The molecule has 0 bridgehead atoms. The van der Waals surface area contributed by atoms with Crippen molar-refractivity contribution in [2.75, 3.05) is 6.61 Å². The summed E-state index contributed by atoms with van der Waals surface area (Å²) in [6.45, 7) is 1.85. The molecular formula is C17H18BrNO2. The molecule has 2 aromatic carbocycles. The summed E-state index contributed by atoms with van der Waals surface area (Å²) in [5.41, 5.74) is 2.69. The van der Waals surface area contributed by atoms with Crippen LogP contribution in [0.5, 0.6) is 0 Å². The van der Waals surface area contributed by atoms with Gasteiger partial charge in [0.2, 0.25) is 0 Å². The molecule has 1 atom stereocenters. The fourth-order valence-corrected chi connectivity index (χ4v) is 2.36. The van der Waals surface area contributed by atoms with Crippen LogP contribution in [0.3, 0.4) is 0 Å². The molecular weight excluding hydrogens is 330 g/mol. The summed E-state index contributed by atoms with van der Waals surface area (Å²) in [7, 11) is 0. The van der Waals surface area contributed by atoms with Crippen LogP contribution >= 0.6 is 15.9 Å². The van der Waals surface area contributed by atoms with Crippen molar-refractivity contribution in [3.8, 4) is 0 Å². The lowest BCUT2D eigenvalue weighted by Gasteiger charge is -2.16. The number of aryl methyl sites for hydroxylation is 1. The zero-order chi connectivity index (χ0) is 15.2. The maximum absolute atomic E-state index is 12.2. The Kier molecular flexibility index (Phi) is 5.53. The number of amides is 1. The second-order valence-electron chi connectivity index (χ2n) is 5.01. The minimum absolute atomic E-state index is 0.0872. The number of hydrogen-bond donors (Lipinski definition) is 2. The van der Waals surface area contributed by atoms with Gasteiger partial charge in [0.1, 0.15) is 0 Å². The molecule has 0 aliphatic heterocycles. The average Bonchev–Trinajstić information content (AvgIpc) is 2.50. The van der Waals surface area contributed by atoms with Gasteiger partial charge in [-0.05, 0) is 42.7 Å². The van der Waals surface area contributed by atoms with Gasteiger partial charge < -0.3 is 10.4 Å². The van der Waals surface area contributed by atoms with Crippen LogP contribution in [0.15, 0.2) is 53.0 Å². The monoisotopic (exact) mass is 347 g/mol. The Balaban J connectivity index is 2.04. The molecule has 21 heavy (non-hydrogen) atoms. The van der Waals surface area contributed by atoms with Crippen LogP contribution in [0, 0.1) is 6.92 Å². The number of carbonyl (C=O) groups excluding carboxylic acids is 1. The Morgan fingerprint density at radius 1 is 1.24 bits per heavy atom. The maximum atomic E-state index is 12.2. The third-order valence-electron chi connectivity index (χ3n) is 3.30. The van der Waals surface area contributed by atoms with E-state index in [1.807, 2.05) is 49.4 Å². The first kappa shape index (κ1) is 15.7. The zero-order valence-corrected chi connectivity index (χ0v) is 13.4. The molecule has 0 unspecified atom stereocenters. The first-order valence-corrected chi connectivity index (χ1v) is 7.61. The SMILES string of the molecule is Cc1cc(C(=O)N[C@@H](CO)Cc2ccccc2)ccc1Br. The van der Waals surface area contributed by atoms with Crippen LogP contribution in [-0.4, -0.2) is 23.7 Å². The molecule has 0 aliphatic carbocycles. The van der Waals surface area contributed by atoms with Gasteiger partial charge in [-0.2, -0.15) is 0 Å². The van der Waals surface area contributed by atoms with Gasteiger partial charge >= 0.3 is 0 Å². The van der Waals surface area contributed by atoms with Crippen LogP contribution in [0.4, 0.5) is 0 Å². The first-order chi connectivity index (χ1) is 10.1. The van der Waals surface area contributed by atoms with Gasteiger partial charge in [-0.15, -0.1) is 0 Å². The number of aliphatic hydroxyl groups excluding tert-OH is 1. The van der Waals surface area contributed by atoms with E-state index in [-0.39, 0.29) is 18.6 Å². The van der Waals surface area contributed by atoms with Crippen LogP contribution in [0.1, 0.15) is 21.5 Å². The third-order valence-corrected chi connectivity index (χ3v) is 4.19. The summed E-state index contributed by atoms with van der Waals surface area (Å²) in [4.78, 5) is 12.2. The minimum atomic E-state index is -0.288. The quantitative estimate of drug-likeness (QED) is 0.872. The number of hydrogen-bond acceptors (Lipinski definition) is 2. The van der Waals surface area contributed by atoms with Crippen molar-refractivity contribution in [1.29, 1.82) is 0 Å². The van der Waals surface area contributed by atoms with E-state index >= 15 is 0 Å². The highest BCUT2D eigenvalue weighted by Gasteiger charge is 2.14. The predicted octanol–water partition coefficient (Wildman–Crippen LogP) is 3.09. The van der Waals surface area contributed by atoms with Crippen molar-refractivity contribution in [2.24, 2.45) is 0 Å². The van der Waals surface area contributed by atoms with Crippen molar-refractivity contribution in [2.45, 2.75) is 19.4 Å². The number of rotatable bonds is 5. The minimum Gasteiger partial charge on any atom is -0.394 e. The van der Waals surface area contributed by atoms with E-state index in [4.69, 9.17) is 0 Å². The zero-order valence-electron chi connectivity index (χ0n) is 11.8. The Morgan fingerprint density at radius 2 is 1.95 bits per heavy atom. The average molecular weight is 348 g/mol. The molecule has 2 rings (SSSR count). The Bertz CT molecular complexity index is 613. The van der Waals surface area contributed by atoms with E-state index < -0.39 is 0 Å². The third kappa shape index (κ3) is 4.41. The normalized spacial score (nSPS) is 12.0. The Labute approximate surface area is 133 Å². The van der Waals surface area contributed by atoms with Gasteiger partial charge in [-0.1, -0.05) is 46.3 Å². The summed E-state index contributed by atoms with van der Waals surface area (Å²) < 4.78 is 0.974. The molecule has 0 fully saturated rings. The maximum Gasteiger partial charge on any atom is 0.251 e. The van der Waals surface area contributed by atoms with Crippen LogP contribution in [0.2, 0.25) is 0 Å². The lowest BCUT2D eigenvalue weighted by Crippen LogP contribution is -2.39. The topological polar surface area (TPSA) is 49.3 Å². The summed E-state index contributed by atoms with van der Waals surface area (Å²) >= 11 is 3.42. The highest BCUT2D eigenvalue weighted by atomic mass is 79.9. The van der Waals surface area contributed by atoms with Gasteiger partial charge in [0, 0.05) is 10.0 Å². The van der Waals surface area contributed by atoms with E-state index in [0.29, 0.717) is 12.0 Å². The molecule has 0 aromatic heterocycles. The smallest absolute Gasteiger partial charge is 0.251 e. The van der Waals surface area contributed by atoms with Gasteiger partial charge in [0.05, 0.1) is 12.6 Å². The number of benzene rings is 2. The molecule has 4 heteroatoms. The second kappa shape index (κ2) is 7.38. The van der Waals surface area contributed by atoms with Crippen molar-refractivity contribution in [3.05, 3.63) is 69.7 Å². The Morgan fingerprint density at radius 3 is 2.57 bits per heavy atom. The highest BCUT2D eigenvalue weighted by molar-refractivity contribution is 9.10. The van der Waals surface area contributed by atoms with Crippen LogP contribution < -0.4 is 5.32 Å². The van der Waals surface area contributed by atoms with E-state index in [9.17, 15) is 9.90 Å². The van der Waals surface area contributed by atoms with Crippen LogP contribution in [0.25, 0.3) is 0 Å². The summed E-state index contributed by atoms with van der Waals surface area (Å²) in [5, 5.41) is 12.3. The molecule has 2 aromatic rings. The summed E-state index contributed by atoms with van der Waals surface area (Å²) in [6, 6.07) is 15.0. The van der Waals surface area contributed by atoms with Crippen molar-refractivity contribution >= 4 is 21.8 Å². The van der Waals surface area contributed by atoms with Gasteiger partial charge in [0.15, 0.2) is 0 Å². The molecule has 0 saturated heterocycles. The van der Waals surface area contributed by atoms with Crippen molar-refractivity contribution in [3.63, 3.8) is 0 Å². The van der Waals surface area contributed by atoms with Crippen LogP contribution in [-0.2, 0) is 6.42 Å². The largest absolute Gasteiger partial charge is 0.394 e. The van der Waals surface area contributed by atoms with Gasteiger partial charge in [-0.25, -0.2) is 0 Å². The Hall–Kier alpha value is -1.65. The molecule has 0 aliphatic rings. The van der Waals surface area contributed by atoms with E-state index in [2.05, 4.69) is 21.2 Å². The molecule has 0 radical (unpaired) electrons. The van der Waals surface area contributed by atoms with Gasteiger partial charge in [-0.3, -0.25) is 4.79 Å². The molecule has 2 N–H and O–H groups in total. The molecule has 0 spiro atoms. The van der Waals surface area contributed by atoms with Crippen molar-refractivity contribution in [1.82, 2.24) is 5.32 Å². The lowest BCUT2D eigenvalue weighted by atomic mass is 10.1. The fraction of sp³-hybridized carbons (Fsp3) is 0.235. The molecule has 0 heterocycles. The number of aliphatic hydroxyl groups is 1. The fourth-order valence-electron chi connectivity index (χ4n) is 2.11. The van der Waals surface area contributed by atoms with E-state index in [1.54, 1.807) is 6.07 Å². The summed E-state index contributed by atoms with van der Waals surface area (Å²) in [6.07, 6.45) is 0.610. The van der Waals surface area contributed by atoms with E-state index in [0.717, 1.165) is 15.6 Å². The van der Waals surface area contributed by atoms with Gasteiger partial charge in [0.25, 0.3) is 5.91 Å². The summed E-state index contributed by atoms with van der Waals surface area (Å²) in [5.74, 6) is -0.166. The highest BCUT2D eigenvalue weighted by Crippen LogP contribution is 2.17. The lowest BCUT2D eigenvalue weighted by molar-refractivity contribution is 0.0916. The first-order valence-electron chi connectivity index (χ1n) is 6.82. The molecule has 3 nitrogen and oxygen atoms in total. The second-order valence-corrected chi connectivity index (χ2v) is 5.86. The number of halogens is 1. The standard InChI is InChI=1S/C17H18BrNO2/c1-12-9-14(7-8-16(12)18)17(21)19-15(11-20)10-13-5-3-2-4-6-13/h2-9,15,20H,10-11H2,1H3,(H,19,21)/t15-/m1/s1. The number of nitrogens with one attached hydrogen (secondary N) is 1. The number of carbonyl (C=O) groups is 1. The van der Waals surface area contributed by atoms with E-state index in [1.165, 1.54) is 0 Å².